The van der Waals surface area contributed by atoms with Crippen LogP contribution in [-0.4, -0.2) is 28.8 Å². The van der Waals surface area contributed by atoms with E-state index in [1.807, 2.05) is 23.9 Å². The van der Waals surface area contributed by atoms with Gasteiger partial charge in [0.1, 0.15) is 5.76 Å². The lowest BCUT2D eigenvalue weighted by atomic mass is 10.1. The van der Waals surface area contributed by atoms with Crippen LogP contribution in [0, 0.1) is 5.92 Å². The Balaban J connectivity index is 0.00000364. The van der Waals surface area contributed by atoms with Gasteiger partial charge in [0.05, 0.1) is 18.5 Å². The number of halogens is 1. The topological polar surface area (TPSA) is 67.4 Å². The summed E-state index contributed by atoms with van der Waals surface area (Å²) in [6, 6.07) is 3.92. The van der Waals surface area contributed by atoms with Gasteiger partial charge in [-0.05, 0) is 30.9 Å². The molecular formula is C20H34IN5O. The monoisotopic (exact) mass is 487 g/mol. The average molecular weight is 487 g/mol. The summed E-state index contributed by atoms with van der Waals surface area (Å²) in [5.41, 5.74) is 3.67. The Labute approximate surface area is 180 Å². The number of rotatable bonds is 9. The number of furan rings is 1. The highest BCUT2D eigenvalue weighted by atomic mass is 127. The second-order valence-electron chi connectivity index (χ2n) is 6.90. The molecule has 0 aliphatic heterocycles. The summed E-state index contributed by atoms with van der Waals surface area (Å²) >= 11 is 0. The van der Waals surface area contributed by atoms with Crippen molar-refractivity contribution in [3.63, 3.8) is 0 Å². The third-order valence-corrected chi connectivity index (χ3v) is 4.34. The maximum absolute atomic E-state index is 5.39. The van der Waals surface area contributed by atoms with Gasteiger partial charge < -0.3 is 15.1 Å². The van der Waals surface area contributed by atoms with Gasteiger partial charge in [-0.1, -0.05) is 27.7 Å². The van der Waals surface area contributed by atoms with Gasteiger partial charge in [0.25, 0.3) is 0 Å². The zero-order valence-corrected chi connectivity index (χ0v) is 19.5. The van der Waals surface area contributed by atoms with Crippen LogP contribution < -0.4 is 10.6 Å². The van der Waals surface area contributed by atoms with Crippen molar-refractivity contribution >= 4 is 29.9 Å². The predicted octanol–water partition coefficient (Wildman–Crippen LogP) is 3.69. The normalized spacial score (nSPS) is 11.6. The lowest BCUT2D eigenvalue weighted by Crippen LogP contribution is -2.40. The van der Waals surface area contributed by atoms with Gasteiger partial charge in [-0.15, -0.1) is 24.0 Å². The van der Waals surface area contributed by atoms with Crippen molar-refractivity contribution in [2.45, 2.75) is 53.5 Å². The molecule has 0 amide bonds. The summed E-state index contributed by atoms with van der Waals surface area (Å²) < 4.78 is 7.39. The first-order valence-electron chi connectivity index (χ1n) is 9.63. The third-order valence-electron chi connectivity index (χ3n) is 4.34. The standard InChI is InChI=1S/C20H33N5O.HI/c1-6-18-17(19(7-2)25(5)24-18)14-23-20(22-13-15(3)4)21-11-10-16-9-8-12-26-16;/h8-9,12,15H,6-7,10-11,13-14H2,1-5H3,(H2,21,22,23);1H. The Bertz CT molecular complexity index is 692. The van der Waals surface area contributed by atoms with Gasteiger partial charge in [0.15, 0.2) is 5.96 Å². The van der Waals surface area contributed by atoms with E-state index in [9.17, 15) is 0 Å². The van der Waals surface area contributed by atoms with E-state index >= 15 is 0 Å². The molecule has 7 heteroatoms. The van der Waals surface area contributed by atoms with Crippen LogP contribution in [-0.2, 0) is 32.9 Å². The number of aryl methyl sites for hydroxylation is 2. The molecule has 0 bridgehead atoms. The number of guanidine groups is 1. The van der Waals surface area contributed by atoms with Crippen LogP contribution in [0.5, 0.6) is 0 Å². The highest BCUT2D eigenvalue weighted by molar-refractivity contribution is 14.0. The number of nitrogens with zero attached hydrogens (tertiary/aromatic N) is 3. The van der Waals surface area contributed by atoms with Crippen molar-refractivity contribution in [2.24, 2.45) is 18.0 Å². The molecule has 6 nitrogen and oxygen atoms in total. The van der Waals surface area contributed by atoms with Crippen molar-refractivity contribution in [3.8, 4) is 0 Å². The first-order chi connectivity index (χ1) is 12.5. The number of nitrogens with one attached hydrogen (secondary N) is 2. The van der Waals surface area contributed by atoms with Gasteiger partial charge in [0.2, 0.25) is 0 Å². The molecule has 2 heterocycles. The molecule has 0 unspecified atom stereocenters. The first-order valence-corrected chi connectivity index (χ1v) is 9.63. The minimum absolute atomic E-state index is 0. The highest BCUT2D eigenvalue weighted by Crippen LogP contribution is 2.16. The van der Waals surface area contributed by atoms with Crippen molar-refractivity contribution in [3.05, 3.63) is 41.1 Å². The summed E-state index contributed by atoms with van der Waals surface area (Å²) in [6.45, 7) is 11.0. The molecule has 0 aromatic carbocycles. The number of aliphatic imine (C=N–C) groups is 1. The molecule has 0 aliphatic carbocycles. The Morgan fingerprint density at radius 1 is 1.26 bits per heavy atom. The van der Waals surface area contributed by atoms with Crippen LogP contribution in [0.3, 0.4) is 0 Å². The molecule has 2 aromatic rings. The lowest BCUT2D eigenvalue weighted by molar-refractivity contribution is 0.506. The fourth-order valence-corrected chi connectivity index (χ4v) is 2.96. The Hall–Kier alpha value is -1.51. The SMILES string of the molecule is CCc1nn(C)c(CC)c1CN=C(NCCc1ccco1)NCC(C)C.I. The van der Waals surface area contributed by atoms with Gasteiger partial charge in [-0.3, -0.25) is 4.68 Å². The molecule has 0 spiro atoms. The van der Waals surface area contributed by atoms with E-state index in [2.05, 4.69) is 43.4 Å². The van der Waals surface area contributed by atoms with Crippen molar-refractivity contribution < 1.29 is 4.42 Å². The largest absolute Gasteiger partial charge is 0.469 e. The Kier molecular flexibility index (Phi) is 10.5. The number of hydrogen-bond acceptors (Lipinski definition) is 3. The molecule has 0 atom stereocenters. The fraction of sp³-hybridized carbons (Fsp3) is 0.600. The van der Waals surface area contributed by atoms with Crippen LogP contribution in [0.15, 0.2) is 27.8 Å². The summed E-state index contributed by atoms with van der Waals surface area (Å²) in [7, 11) is 2.02. The minimum Gasteiger partial charge on any atom is -0.469 e. The second kappa shape index (κ2) is 12.0. The van der Waals surface area contributed by atoms with E-state index in [1.165, 1.54) is 11.3 Å². The van der Waals surface area contributed by atoms with Crippen molar-refractivity contribution in [1.29, 1.82) is 0 Å². The van der Waals surface area contributed by atoms with Gasteiger partial charge in [-0.2, -0.15) is 5.10 Å². The molecule has 152 valence electrons. The molecule has 2 rings (SSSR count). The summed E-state index contributed by atoms with van der Waals surface area (Å²) in [4.78, 5) is 4.83. The van der Waals surface area contributed by atoms with Crippen LogP contribution in [0.2, 0.25) is 0 Å². The minimum atomic E-state index is 0. The maximum atomic E-state index is 5.39. The quantitative estimate of drug-likeness (QED) is 0.322. The number of aromatic nitrogens is 2. The van der Waals surface area contributed by atoms with E-state index in [0.29, 0.717) is 12.5 Å². The molecular weight excluding hydrogens is 453 g/mol. The van der Waals surface area contributed by atoms with Gasteiger partial charge >= 0.3 is 0 Å². The van der Waals surface area contributed by atoms with Gasteiger partial charge in [0, 0.05) is 37.8 Å². The highest BCUT2D eigenvalue weighted by Gasteiger charge is 2.13. The van der Waals surface area contributed by atoms with Crippen LogP contribution in [0.4, 0.5) is 0 Å². The Morgan fingerprint density at radius 3 is 2.63 bits per heavy atom. The van der Waals surface area contributed by atoms with Crippen molar-refractivity contribution in [1.82, 2.24) is 20.4 Å². The van der Waals surface area contributed by atoms with Gasteiger partial charge in [-0.25, -0.2) is 4.99 Å². The molecule has 2 aromatic heterocycles. The predicted molar refractivity (Wildman–Crippen MR) is 122 cm³/mol. The molecule has 0 aliphatic rings. The fourth-order valence-electron chi connectivity index (χ4n) is 2.96. The van der Waals surface area contributed by atoms with E-state index in [4.69, 9.17) is 9.41 Å². The molecule has 0 saturated carbocycles. The van der Waals surface area contributed by atoms with E-state index in [-0.39, 0.29) is 24.0 Å². The zero-order chi connectivity index (χ0) is 18.9. The summed E-state index contributed by atoms with van der Waals surface area (Å²) in [5, 5.41) is 11.5. The van der Waals surface area contributed by atoms with Crippen LogP contribution >= 0.6 is 24.0 Å². The van der Waals surface area contributed by atoms with Crippen molar-refractivity contribution in [2.75, 3.05) is 13.1 Å². The molecule has 0 saturated heterocycles. The lowest BCUT2D eigenvalue weighted by Gasteiger charge is -2.14. The van der Waals surface area contributed by atoms with E-state index < -0.39 is 0 Å². The molecule has 2 N–H and O–H groups in total. The van der Waals surface area contributed by atoms with Crippen LogP contribution in [0.1, 0.15) is 50.4 Å². The third kappa shape index (κ3) is 7.20. The summed E-state index contributed by atoms with van der Waals surface area (Å²) in [5.74, 6) is 2.38. The smallest absolute Gasteiger partial charge is 0.191 e. The molecule has 0 fully saturated rings. The van der Waals surface area contributed by atoms with Crippen LogP contribution in [0.25, 0.3) is 0 Å². The number of hydrogen-bond donors (Lipinski definition) is 2. The molecule has 0 radical (unpaired) electrons. The van der Waals surface area contributed by atoms with E-state index in [0.717, 1.165) is 49.8 Å². The summed E-state index contributed by atoms with van der Waals surface area (Å²) in [6.07, 6.45) is 4.44. The van der Waals surface area contributed by atoms with E-state index in [1.54, 1.807) is 6.26 Å². The first kappa shape index (κ1) is 23.5. The second-order valence-corrected chi connectivity index (χ2v) is 6.90. The molecule has 27 heavy (non-hydrogen) atoms. The average Bonchev–Trinajstić information content (AvgIpc) is 3.23. The maximum Gasteiger partial charge on any atom is 0.191 e. The zero-order valence-electron chi connectivity index (χ0n) is 17.2. The Morgan fingerprint density at radius 2 is 2.04 bits per heavy atom.